The van der Waals surface area contributed by atoms with Crippen LogP contribution in [0.5, 0.6) is 5.75 Å². The fraction of sp³-hybridized carbons (Fsp3) is 0.562. The zero-order valence-electron chi connectivity index (χ0n) is 13.3. The van der Waals surface area contributed by atoms with Crippen LogP contribution in [0.1, 0.15) is 26.7 Å². The predicted octanol–water partition coefficient (Wildman–Crippen LogP) is 2.29. The van der Waals surface area contributed by atoms with Gasteiger partial charge in [-0.2, -0.15) is 0 Å². The summed E-state index contributed by atoms with van der Waals surface area (Å²) in [5.41, 5.74) is -0.957. The molecule has 1 saturated heterocycles. The van der Waals surface area contributed by atoms with Crippen molar-refractivity contribution in [2.75, 3.05) is 19.7 Å². The van der Waals surface area contributed by atoms with Crippen molar-refractivity contribution in [3.8, 4) is 5.75 Å². The zero-order valence-corrected chi connectivity index (χ0v) is 13.3. The van der Waals surface area contributed by atoms with E-state index in [1.54, 1.807) is 18.7 Å². The maximum atomic E-state index is 13.4. The second kappa shape index (κ2) is 7.12. The summed E-state index contributed by atoms with van der Waals surface area (Å²) in [5.74, 6) is -1.51. The quantitative estimate of drug-likeness (QED) is 0.815. The maximum Gasteiger partial charge on any atom is 0.317 e. The Hall–Kier alpha value is -1.89. The minimum Gasteiger partial charge on any atom is -0.489 e. The number of carbonyl (C=O) groups is 1. The van der Waals surface area contributed by atoms with Crippen molar-refractivity contribution >= 4 is 6.03 Å². The van der Waals surface area contributed by atoms with Crippen LogP contribution in [0.2, 0.25) is 0 Å². The van der Waals surface area contributed by atoms with E-state index in [-0.39, 0.29) is 31.0 Å². The molecule has 5 nitrogen and oxygen atoms in total. The van der Waals surface area contributed by atoms with E-state index in [4.69, 9.17) is 4.74 Å². The number of ether oxygens (including phenoxy) is 1. The Morgan fingerprint density at radius 1 is 1.48 bits per heavy atom. The molecule has 1 fully saturated rings. The minimum absolute atomic E-state index is 0.0591. The van der Waals surface area contributed by atoms with Gasteiger partial charge in [0.15, 0.2) is 11.6 Å². The second-order valence-electron chi connectivity index (χ2n) is 6.16. The van der Waals surface area contributed by atoms with E-state index in [1.807, 2.05) is 0 Å². The van der Waals surface area contributed by atoms with Gasteiger partial charge >= 0.3 is 6.03 Å². The molecule has 2 rings (SSSR count). The van der Waals surface area contributed by atoms with E-state index in [0.29, 0.717) is 6.54 Å². The molecule has 23 heavy (non-hydrogen) atoms. The van der Waals surface area contributed by atoms with Crippen molar-refractivity contribution in [3.63, 3.8) is 0 Å². The Bertz CT molecular complexity index is 561. The number of likely N-dealkylation sites (tertiary alicyclic amines) is 1. The number of rotatable bonds is 5. The van der Waals surface area contributed by atoms with Gasteiger partial charge in [-0.05, 0) is 38.8 Å². The van der Waals surface area contributed by atoms with Crippen LogP contribution in [0.25, 0.3) is 0 Å². The van der Waals surface area contributed by atoms with Gasteiger partial charge in [0, 0.05) is 12.6 Å². The van der Waals surface area contributed by atoms with Crippen molar-refractivity contribution in [2.45, 2.75) is 38.3 Å². The first-order valence-corrected chi connectivity index (χ1v) is 7.64. The highest BCUT2D eigenvalue weighted by atomic mass is 19.1. The van der Waals surface area contributed by atoms with E-state index in [0.717, 1.165) is 25.0 Å². The minimum atomic E-state index is -0.957. The van der Waals surface area contributed by atoms with Crippen molar-refractivity contribution in [3.05, 3.63) is 29.8 Å². The van der Waals surface area contributed by atoms with E-state index in [9.17, 15) is 18.7 Å². The predicted molar refractivity (Wildman–Crippen MR) is 81.3 cm³/mol. The van der Waals surface area contributed by atoms with Crippen LogP contribution in [0.3, 0.4) is 0 Å². The summed E-state index contributed by atoms with van der Waals surface area (Å²) in [6.07, 6.45) is 1.60. The SMILES string of the molecule is CC(C)(O)C1CCCN1C(=O)NCCOc1ccc(F)cc1F. The number of carbonyl (C=O) groups excluding carboxylic acids is 1. The number of hydrogen-bond donors (Lipinski definition) is 2. The van der Waals surface area contributed by atoms with E-state index in [1.165, 1.54) is 6.07 Å². The largest absolute Gasteiger partial charge is 0.489 e. The van der Waals surface area contributed by atoms with Gasteiger partial charge in [0.1, 0.15) is 12.4 Å². The fourth-order valence-electron chi connectivity index (χ4n) is 2.76. The molecule has 0 saturated carbocycles. The third-order valence-corrected chi connectivity index (χ3v) is 3.86. The lowest BCUT2D eigenvalue weighted by Crippen LogP contribution is -2.51. The van der Waals surface area contributed by atoms with Gasteiger partial charge in [-0.3, -0.25) is 0 Å². The monoisotopic (exact) mass is 328 g/mol. The Morgan fingerprint density at radius 2 is 2.22 bits per heavy atom. The lowest BCUT2D eigenvalue weighted by atomic mass is 9.97. The van der Waals surface area contributed by atoms with Gasteiger partial charge in [-0.15, -0.1) is 0 Å². The van der Waals surface area contributed by atoms with Crippen molar-refractivity contribution < 1.29 is 23.4 Å². The van der Waals surface area contributed by atoms with Crippen molar-refractivity contribution in [1.29, 1.82) is 0 Å². The number of aliphatic hydroxyl groups is 1. The fourth-order valence-corrected chi connectivity index (χ4v) is 2.76. The Balaban J connectivity index is 1.79. The average molecular weight is 328 g/mol. The smallest absolute Gasteiger partial charge is 0.317 e. The lowest BCUT2D eigenvalue weighted by molar-refractivity contribution is 0.00976. The third-order valence-electron chi connectivity index (χ3n) is 3.86. The number of nitrogens with one attached hydrogen (secondary N) is 1. The first kappa shape index (κ1) is 17.5. The highest BCUT2D eigenvalue weighted by Crippen LogP contribution is 2.26. The van der Waals surface area contributed by atoms with E-state index >= 15 is 0 Å². The number of nitrogens with zero attached hydrogens (tertiary/aromatic N) is 1. The summed E-state index contributed by atoms with van der Waals surface area (Å²) in [4.78, 5) is 13.8. The molecular weight excluding hydrogens is 306 g/mol. The molecule has 1 aromatic rings. The third kappa shape index (κ3) is 4.54. The van der Waals surface area contributed by atoms with E-state index in [2.05, 4.69) is 5.32 Å². The summed E-state index contributed by atoms with van der Waals surface area (Å²) in [5, 5.41) is 12.8. The van der Waals surface area contributed by atoms with Crippen LogP contribution in [0, 0.1) is 11.6 Å². The van der Waals surface area contributed by atoms with Crippen molar-refractivity contribution in [2.24, 2.45) is 0 Å². The summed E-state index contributed by atoms with van der Waals surface area (Å²) < 4.78 is 31.3. The molecule has 2 N–H and O–H groups in total. The molecule has 7 heteroatoms. The van der Waals surface area contributed by atoms with Crippen LogP contribution in [-0.2, 0) is 0 Å². The molecule has 0 bridgehead atoms. The van der Waals surface area contributed by atoms with Gasteiger partial charge in [-0.25, -0.2) is 13.6 Å². The number of urea groups is 1. The molecule has 128 valence electrons. The summed E-state index contributed by atoms with van der Waals surface area (Å²) in [6, 6.07) is 2.55. The molecule has 1 aliphatic rings. The van der Waals surface area contributed by atoms with Gasteiger partial charge < -0.3 is 20.1 Å². The lowest BCUT2D eigenvalue weighted by Gasteiger charge is -2.33. The molecule has 1 aliphatic heterocycles. The Labute approximate surface area is 134 Å². The molecule has 2 amide bonds. The van der Waals surface area contributed by atoms with Crippen LogP contribution in [0.15, 0.2) is 18.2 Å². The van der Waals surface area contributed by atoms with Crippen LogP contribution < -0.4 is 10.1 Å². The molecule has 1 unspecified atom stereocenters. The number of halogens is 2. The Kier molecular flexibility index (Phi) is 5.41. The Morgan fingerprint density at radius 3 is 2.87 bits per heavy atom. The van der Waals surface area contributed by atoms with Gasteiger partial charge in [0.05, 0.1) is 18.2 Å². The molecule has 1 atom stereocenters. The zero-order chi connectivity index (χ0) is 17.0. The molecular formula is C16H22F2N2O3. The normalized spacial score (nSPS) is 18.1. The molecule has 1 heterocycles. The van der Waals surface area contributed by atoms with E-state index < -0.39 is 17.2 Å². The van der Waals surface area contributed by atoms with Gasteiger partial charge in [0.25, 0.3) is 0 Å². The average Bonchev–Trinajstić information content (AvgIpc) is 2.94. The van der Waals surface area contributed by atoms with Gasteiger partial charge in [-0.1, -0.05) is 0 Å². The highest BCUT2D eigenvalue weighted by Gasteiger charge is 2.38. The number of benzene rings is 1. The van der Waals surface area contributed by atoms with Crippen LogP contribution in [-0.4, -0.2) is 47.4 Å². The topological polar surface area (TPSA) is 61.8 Å². The molecule has 0 aliphatic carbocycles. The second-order valence-corrected chi connectivity index (χ2v) is 6.16. The first-order valence-electron chi connectivity index (χ1n) is 7.64. The summed E-state index contributed by atoms with van der Waals surface area (Å²) >= 11 is 0. The standard InChI is InChI=1S/C16H22F2N2O3/c1-16(2,22)14-4-3-8-20(14)15(21)19-7-9-23-13-6-5-11(17)10-12(13)18/h5-6,10,14,22H,3-4,7-9H2,1-2H3,(H,19,21). The number of hydrogen-bond acceptors (Lipinski definition) is 3. The molecule has 0 radical (unpaired) electrons. The van der Waals surface area contributed by atoms with Crippen LogP contribution in [0.4, 0.5) is 13.6 Å². The van der Waals surface area contributed by atoms with Gasteiger partial charge in [0.2, 0.25) is 0 Å². The molecule has 0 spiro atoms. The summed E-state index contributed by atoms with van der Waals surface area (Å²) in [7, 11) is 0. The summed E-state index contributed by atoms with van der Waals surface area (Å²) in [6.45, 7) is 4.21. The molecule has 1 aromatic carbocycles. The van der Waals surface area contributed by atoms with Crippen LogP contribution >= 0.6 is 0 Å². The maximum absolute atomic E-state index is 13.4. The van der Waals surface area contributed by atoms with Crippen molar-refractivity contribution in [1.82, 2.24) is 10.2 Å². The molecule has 0 aromatic heterocycles. The number of amides is 2. The highest BCUT2D eigenvalue weighted by molar-refractivity contribution is 5.75. The first-order chi connectivity index (χ1) is 10.8.